The zero-order chi connectivity index (χ0) is 13.0. The number of hydrogen-bond acceptors (Lipinski definition) is 2. The molecule has 92 valence electrons. The van der Waals surface area contributed by atoms with Crippen LogP contribution < -0.4 is 0 Å². The molecule has 3 nitrogen and oxygen atoms in total. The van der Waals surface area contributed by atoms with Gasteiger partial charge in [0.1, 0.15) is 0 Å². The predicted octanol–water partition coefficient (Wildman–Crippen LogP) is 3.15. The topological polar surface area (TPSA) is 50.2 Å². The van der Waals surface area contributed by atoms with Gasteiger partial charge in [0.05, 0.1) is 5.92 Å². The van der Waals surface area contributed by atoms with E-state index in [2.05, 4.69) is 4.98 Å². The van der Waals surface area contributed by atoms with Gasteiger partial charge in [-0.15, -0.1) is 0 Å². The van der Waals surface area contributed by atoms with Crippen LogP contribution >= 0.6 is 11.6 Å². The van der Waals surface area contributed by atoms with Crippen LogP contribution in [-0.2, 0) is 11.2 Å². The first kappa shape index (κ1) is 12.6. The number of pyridine rings is 1. The molecule has 2 rings (SSSR count). The van der Waals surface area contributed by atoms with Crippen LogP contribution in [0.4, 0.5) is 0 Å². The van der Waals surface area contributed by atoms with Gasteiger partial charge in [-0.1, -0.05) is 29.8 Å². The Bertz CT molecular complexity index is 525. The molecular formula is C14H12ClNO2. The van der Waals surface area contributed by atoms with Gasteiger partial charge in [0.15, 0.2) is 0 Å². The molecule has 0 fully saturated rings. The third-order valence-corrected chi connectivity index (χ3v) is 2.99. The molecule has 1 aromatic carbocycles. The minimum absolute atomic E-state index is 0.421. The third-order valence-electron chi connectivity index (χ3n) is 2.73. The summed E-state index contributed by atoms with van der Waals surface area (Å²) in [6.45, 7) is 0. The normalized spacial score (nSPS) is 12.1. The van der Waals surface area contributed by atoms with Crippen molar-refractivity contribution in [1.82, 2.24) is 4.98 Å². The van der Waals surface area contributed by atoms with Crippen molar-refractivity contribution in [3.63, 3.8) is 0 Å². The first-order chi connectivity index (χ1) is 8.66. The van der Waals surface area contributed by atoms with Crippen LogP contribution in [-0.4, -0.2) is 16.1 Å². The number of carboxylic acid groups (broad SMARTS) is 1. The standard InChI is InChI=1S/C14H12ClNO2/c15-12-5-3-11(4-6-12)13(14(17)18)8-10-2-1-7-16-9-10/h1-7,9,13H,8H2,(H,17,18)/t13-/m1/s1. The largest absolute Gasteiger partial charge is 0.481 e. The van der Waals surface area contributed by atoms with Gasteiger partial charge in [-0.3, -0.25) is 9.78 Å². The lowest BCUT2D eigenvalue weighted by atomic mass is 9.93. The summed E-state index contributed by atoms with van der Waals surface area (Å²) in [7, 11) is 0. The summed E-state index contributed by atoms with van der Waals surface area (Å²) in [5.74, 6) is -1.42. The lowest BCUT2D eigenvalue weighted by Crippen LogP contribution is -2.14. The molecule has 1 aromatic heterocycles. The SMILES string of the molecule is O=C(O)[C@H](Cc1cccnc1)c1ccc(Cl)cc1. The van der Waals surface area contributed by atoms with E-state index in [9.17, 15) is 9.90 Å². The number of benzene rings is 1. The van der Waals surface area contributed by atoms with Gasteiger partial charge in [-0.05, 0) is 35.7 Å². The van der Waals surface area contributed by atoms with Crippen LogP contribution in [0.25, 0.3) is 0 Å². The van der Waals surface area contributed by atoms with Crippen LogP contribution in [0, 0.1) is 0 Å². The molecular weight excluding hydrogens is 250 g/mol. The summed E-state index contributed by atoms with van der Waals surface area (Å²) in [5.41, 5.74) is 1.65. The fourth-order valence-electron chi connectivity index (χ4n) is 1.80. The smallest absolute Gasteiger partial charge is 0.311 e. The van der Waals surface area contributed by atoms with E-state index in [1.807, 2.05) is 6.07 Å². The van der Waals surface area contributed by atoms with Crippen LogP contribution in [0.5, 0.6) is 0 Å². The minimum atomic E-state index is -0.846. The number of halogens is 1. The van der Waals surface area contributed by atoms with Gasteiger partial charge in [0.25, 0.3) is 0 Å². The lowest BCUT2D eigenvalue weighted by molar-refractivity contribution is -0.138. The van der Waals surface area contributed by atoms with E-state index in [0.29, 0.717) is 11.4 Å². The van der Waals surface area contributed by atoms with Crippen molar-refractivity contribution in [2.75, 3.05) is 0 Å². The molecule has 1 heterocycles. The van der Waals surface area contributed by atoms with E-state index < -0.39 is 11.9 Å². The Morgan fingerprint density at radius 2 is 2.00 bits per heavy atom. The molecule has 0 radical (unpaired) electrons. The van der Waals surface area contributed by atoms with E-state index in [0.717, 1.165) is 11.1 Å². The Balaban J connectivity index is 2.24. The zero-order valence-electron chi connectivity index (χ0n) is 9.58. The molecule has 18 heavy (non-hydrogen) atoms. The lowest BCUT2D eigenvalue weighted by Gasteiger charge is -2.12. The molecule has 1 N–H and O–H groups in total. The van der Waals surface area contributed by atoms with Crippen LogP contribution in [0.3, 0.4) is 0 Å². The summed E-state index contributed by atoms with van der Waals surface area (Å²) in [6.07, 6.45) is 3.78. The molecule has 0 aliphatic rings. The number of carbonyl (C=O) groups is 1. The molecule has 0 aliphatic heterocycles. The van der Waals surface area contributed by atoms with Gasteiger partial charge in [-0.2, -0.15) is 0 Å². The van der Waals surface area contributed by atoms with Crippen molar-refractivity contribution < 1.29 is 9.90 Å². The Morgan fingerprint density at radius 3 is 2.56 bits per heavy atom. The highest BCUT2D eigenvalue weighted by atomic mass is 35.5. The van der Waals surface area contributed by atoms with Gasteiger partial charge in [-0.25, -0.2) is 0 Å². The predicted molar refractivity (Wildman–Crippen MR) is 69.8 cm³/mol. The Kier molecular flexibility index (Phi) is 3.95. The van der Waals surface area contributed by atoms with Crippen molar-refractivity contribution in [3.8, 4) is 0 Å². The summed E-state index contributed by atoms with van der Waals surface area (Å²) in [6, 6.07) is 10.6. The maximum atomic E-state index is 11.3. The van der Waals surface area contributed by atoms with Crippen LogP contribution in [0.15, 0.2) is 48.8 Å². The highest BCUT2D eigenvalue weighted by molar-refractivity contribution is 6.30. The summed E-state index contributed by atoms with van der Waals surface area (Å²) in [4.78, 5) is 15.3. The fraction of sp³-hybridized carbons (Fsp3) is 0.143. The molecule has 4 heteroatoms. The minimum Gasteiger partial charge on any atom is -0.481 e. The maximum Gasteiger partial charge on any atom is 0.311 e. The first-order valence-electron chi connectivity index (χ1n) is 5.54. The number of aliphatic carboxylic acids is 1. The van der Waals surface area contributed by atoms with Crippen LogP contribution in [0.2, 0.25) is 5.02 Å². The molecule has 0 unspecified atom stereocenters. The molecule has 0 aliphatic carbocycles. The van der Waals surface area contributed by atoms with E-state index >= 15 is 0 Å². The number of carboxylic acids is 1. The van der Waals surface area contributed by atoms with Crippen molar-refractivity contribution in [2.24, 2.45) is 0 Å². The molecule has 0 saturated heterocycles. The number of hydrogen-bond donors (Lipinski definition) is 1. The van der Waals surface area contributed by atoms with E-state index in [4.69, 9.17) is 11.6 Å². The second-order valence-electron chi connectivity index (χ2n) is 4.01. The van der Waals surface area contributed by atoms with Gasteiger partial charge < -0.3 is 5.11 Å². The van der Waals surface area contributed by atoms with Crippen molar-refractivity contribution in [2.45, 2.75) is 12.3 Å². The van der Waals surface area contributed by atoms with E-state index in [1.165, 1.54) is 0 Å². The van der Waals surface area contributed by atoms with Crippen molar-refractivity contribution in [1.29, 1.82) is 0 Å². The highest BCUT2D eigenvalue weighted by Gasteiger charge is 2.20. The van der Waals surface area contributed by atoms with Crippen molar-refractivity contribution >= 4 is 17.6 Å². The average molecular weight is 262 g/mol. The number of aromatic nitrogens is 1. The molecule has 1 atom stereocenters. The van der Waals surface area contributed by atoms with Crippen LogP contribution in [0.1, 0.15) is 17.0 Å². The second-order valence-corrected chi connectivity index (χ2v) is 4.44. The Morgan fingerprint density at radius 1 is 1.28 bits per heavy atom. The number of rotatable bonds is 4. The summed E-state index contributed by atoms with van der Waals surface area (Å²) >= 11 is 5.80. The van der Waals surface area contributed by atoms with E-state index in [-0.39, 0.29) is 0 Å². The highest BCUT2D eigenvalue weighted by Crippen LogP contribution is 2.22. The third kappa shape index (κ3) is 3.08. The molecule has 2 aromatic rings. The quantitative estimate of drug-likeness (QED) is 0.920. The average Bonchev–Trinajstić information content (AvgIpc) is 2.38. The molecule has 0 saturated carbocycles. The fourth-order valence-corrected chi connectivity index (χ4v) is 1.92. The van der Waals surface area contributed by atoms with E-state index in [1.54, 1.807) is 42.7 Å². The Labute approximate surface area is 110 Å². The maximum absolute atomic E-state index is 11.3. The Hall–Kier alpha value is -1.87. The molecule has 0 bridgehead atoms. The zero-order valence-corrected chi connectivity index (χ0v) is 10.3. The van der Waals surface area contributed by atoms with Gasteiger partial charge >= 0.3 is 5.97 Å². The summed E-state index contributed by atoms with van der Waals surface area (Å²) in [5, 5.41) is 9.91. The molecule has 0 spiro atoms. The summed E-state index contributed by atoms with van der Waals surface area (Å²) < 4.78 is 0. The van der Waals surface area contributed by atoms with Crippen molar-refractivity contribution in [3.05, 3.63) is 64.9 Å². The molecule has 0 amide bonds. The van der Waals surface area contributed by atoms with Gasteiger partial charge in [0, 0.05) is 17.4 Å². The first-order valence-corrected chi connectivity index (χ1v) is 5.92. The monoisotopic (exact) mass is 261 g/mol. The van der Waals surface area contributed by atoms with Gasteiger partial charge in [0.2, 0.25) is 0 Å². The number of nitrogens with zero attached hydrogens (tertiary/aromatic N) is 1. The second kappa shape index (κ2) is 5.65.